The van der Waals surface area contributed by atoms with Crippen molar-refractivity contribution < 1.29 is 0 Å². The van der Waals surface area contributed by atoms with Gasteiger partial charge in [-0.2, -0.15) is 0 Å². The molecule has 0 saturated carbocycles. The number of likely N-dealkylation sites (N-methyl/N-ethyl adjacent to an activating group) is 1. The monoisotopic (exact) mass is 226 g/mol. The third kappa shape index (κ3) is 5.17. The van der Waals surface area contributed by atoms with Gasteiger partial charge in [0.05, 0.1) is 5.38 Å². The molecule has 1 N–H and O–H groups in total. The van der Waals surface area contributed by atoms with Crippen LogP contribution in [0.5, 0.6) is 0 Å². The molecule has 0 heterocycles. The molecule has 0 aliphatic carbocycles. The van der Waals surface area contributed by atoms with Crippen LogP contribution in [0.2, 0.25) is 0 Å². The van der Waals surface area contributed by atoms with Crippen LogP contribution in [-0.4, -0.2) is 38.6 Å². The van der Waals surface area contributed by atoms with Gasteiger partial charge >= 0.3 is 0 Å². The minimum absolute atomic E-state index is 0.0633. The molecular formula is C12H19ClN2. The van der Waals surface area contributed by atoms with Gasteiger partial charge in [-0.05, 0) is 19.7 Å². The quantitative estimate of drug-likeness (QED) is 0.591. The first kappa shape index (κ1) is 12.5. The minimum Gasteiger partial charge on any atom is -0.314 e. The number of rotatable bonds is 6. The van der Waals surface area contributed by atoms with Crippen molar-refractivity contribution >= 4 is 11.6 Å². The summed E-state index contributed by atoms with van der Waals surface area (Å²) >= 11 is 6.25. The molecule has 15 heavy (non-hydrogen) atoms. The Morgan fingerprint density at radius 1 is 1.27 bits per heavy atom. The van der Waals surface area contributed by atoms with Gasteiger partial charge in [0.25, 0.3) is 0 Å². The van der Waals surface area contributed by atoms with Crippen LogP contribution in [0.15, 0.2) is 30.3 Å². The smallest absolute Gasteiger partial charge is 0.0709 e. The fourth-order valence-electron chi connectivity index (χ4n) is 1.31. The molecule has 0 fully saturated rings. The molecule has 1 rings (SSSR count). The maximum Gasteiger partial charge on any atom is 0.0709 e. The molecule has 1 atom stereocenters. The molecular weight excluding hydrogens is 208 g/mol. The highest BCUT2D eigenvalue weighted by molar-refractivity contribution is 6.21. The topological polar surface area (TPSA) is 15.3 Å². The average molecular weight is 227 g/mol. The largest absolute Gasteiger partial charge is 0.314 e. The van der Waals surface area contributed by atoms with Crippen LogP contribution in [-0.2, 0) is 0 Å². The molecule has 0 spiro atoms. The lowest BCUT2D eigenvalue weighted by molar-refractivity contribution is 0.400. The number of halogens is 1. The molecule has 3 heteroatoms. The molecule has 0 radical (unpaired) electrons. The van der Waals surface area contributed by atoms with Crippen molar-refractivity contribution in [2.24, 2.45) is 0 Å². The zero-order valence-electron chi connectivity index (χ0n) is 9.41. The summed E-state index contributed by atoms with van der Waals surface area (Å²) in [5, 5.41) is 3.40. The van der Waals surface area contributed by atoms with Crippen LogP contribution in [0.4, 0.5) is 0 Å². The first-order valence-electron chi connectivity index (χ1n) is 5.24. The number of hydrogen-bond acceptors (Lipinski definition) is 2. The Morgan fingerprint density at radius 2 is 1.93 bits per heavy atom. The van der Waals surface area contributed by atoms with E-state index in [1.165, 1.54) is 5.56 Å². The molecule has 2 nitrogen and oxygen atoms in total. The Balaban J connectivity index is 2.22. The highest BCUT2D eigenvalue weighted by Gasteiger charge is 2.05. The van der Waals surface area contributed by atoms with Crippen LogP contribution in [0.25, 0.3) is 0 Å². The average Bonchev–Trinajstić information content (AvgIpc) is 2.25. The Morgan fingerprint density at radius 3 is 2.53 bits per heavy atom. The molecule has 1 unspecified atom stereocenters. The van der Waals surface area contributed by atoms with Crippen LogP contribution in [0.3, 0.4) is 0 Å². The van der Waals surface area contributed by atoms with Crippen LogP contribution in [0, 0.1) is 0 Å². The summed E-state index contributed by atoms with van der Waals surface area (Å²) in [4.78, 5) is 2.15. The van der Waals surface area contributed by atoms with E-state index in [1.807, 2.05) is 18.2 Å². The lowest BCUT2D eigenvalue weighted by Crippen LogP contribution is -2.28. The van der Waals surface area contributed by atoms with Crippen LogP contribution in [0.1, 0.15) is 10.9 Å². The number of hydrogen-bond donors (Lipinski definition) is 1. The molecule has 0 saturated heterocycles. The lowest BCUT2D eigenvalue weighted by atomic mass is 10.1. The van der Waals surface area contributed by atoms with E-state index >= 15 is 0 Å². The predicted octanol–water partition coefficient (Wildman–Crippen LogP) is 2.12. The van der Waals surface area contributed by atoms with Crippen LogP contribution < -0.4 is 5.32 Å². The fourth-order valence-corrected chi connectivity index (χ4v) is 1.57. The summed E-state index contributed by atoms with van der Waals surface area (Å²) in [5.41, 5.74) is 1.18. The molecule has 0 aliphatic rings. The Bertz CT molecular complexity index is 262. The van der Waals surface area contributed by atoms with Crippen molar-refractivity contribution in [1.82, 2.24) is 10.2 Å². The summed E-state index contributed by atoms with van der Waals surface area (Å²) < 4.78 is 0. The summed E-state index contributed by atoms with van der Waals surface area (Å²) in [5.74, 6) is 0. The fraction of sp³-hybridized carbons (Fsp3) is 0.500. The van der Waals surface area contributed by atoms with Crippen molar-refractivity contribution in [3.8, 4) is 0 Å². The van der Waals surface area contributed by atoms with Gasteiger partial charge in [0.15, 0.2) is 0 Å². The minimum atomic E-state index is 0.0633. The second-order valence-corrected chi connectivity index (χ2v) is 4.41. The predicted molar refractivity (Wildman–Crippen MR) is 66.5 cm³/mol. The number of nitrogens with one attached hydrogen (secondary N) is 1. The van der Waals surface area contributed by atoms with E-state index in [0.29, 0.717) is 0 Å². The molecule has 0 amide bonds. The summed E-state index contributed by atoms with van der Waals surface area (Å²) in [6, 6.07) is 10.2. The number of benzene rings is 1. The molecule has 1 aromatic rings. The van der Waals surface area contributed by atoms with E-state index in [-0.39, 0.29) is 5.38 Å². The zero-order chi connectivity index (χ0) is 11.1. The van der Waals surface area contributed by atoms with Gasteiger partial charge in [-0.15, -0.1) is 11.6 Å². The van der Waals surface area contributed by atoms with E-state index < -0.39 is 0 Å². The summed E-state index contributed by atoms with van der Waals surface area (Å²) in [6.07, 6.45) is 0. The Kier molecular flexibility index (Phi) is 5.69. The van der Waals surface area contributed by atoms with Crippen molar-refractivity contribution in [1.29, 1.82) is 0 Å². The normalized spacial score (nSPS) is 13.1. The van der Waals surface area contributed by atoms with Gasteiger partial charge in [-0.25, -0.2) is 0 Å². The standard InChI is InChI=1S/C12H19ClN2/c1-15(2)9-8-14-10-12(13)11-6-4-3-5-7-11/h3-7,12,14H,8-10H2,1-2H3. The third-order valence-corrected chi connectivity index (χ3v) is 2.63. The highest BCUT2D eigenvalue weighted by Crippen LogP contribution is 2.18. The Labute approximate surface area is 97.2 Å². The molecule has 0 bridgehead atoms. The van der Waals surface area contributed by atoms with E-state index in [9.17, 15) is 0 Å². The van der Waals surface area contributed by atoms with Crippen molar-refractivity contribution in [3.05, 3.63) is 35.9 Å². The molecule has 84 valence electrons. The first-order valence-corrected chi connectivity index (χ1v) is 5.68. The molecule has 0 aliphatic heterocycles. The maximum atomic E-state index is 6.25. The van der Waals surface area contributed by atoms with Gasteiger partial charge in [-0.1, -0.05) is 30.3 Å². The van der Waals surface area contributed by atoms with Crippen molar-refractivity contribution in [2.75, 3.05) is 33.7 Å². The van der Waals surface area contributed by atoms with Gasteiger partial charge in [0.1, 0.15) is 0 Å². The van der Waals surface area contributed by atoms with Gasteiger partial charge < -0.3 is 10.2 Å². The third-order valence-electron chi connectivity index (χ3n) is 2.22. The summed E-state index contributed by atoms with van der Waals surface area (Å²) in [7, 11) is 4.13. The zero-order valence-corrected chi connectivity index (χ0v) is 10.2. The molecule has 1 aromatic carbocycles. The number of alkyl halides is 1. The lowest BCUT2D eigenvalue weighted by Gasteiger charge is -2.13. The van der Waals surface area contributed by atoms with Gasteiger partial charge in [0.2, 0.25) is 0 Å². The Hall–Kier alpha value is -0.570. The van der Waals surface area contributed by atoms with E-state index in [4.69, 9.17) is 11.6 Å². The van der Waals surface area contributed by atoms with Crippen LogP contribution >= 0.6 is 11.6 Å². The van der Waals surface area contributed by atoms with Crippen molar-refractivity contribution in [2.45, 2.75) is 5.38 Å². The highest BCUT2D eigenvalue weighted by atomic mass is 35.5. The van der Waals surface area contributed by atoms with Gasteiger partial charge in [0, 0.05) is 19.6 Å². The second kappa shape index (κ2) is 6.83. The van der Waals surface area contributed by atoms with Gasteiger partial charge in [-0.3, -0.25) is 0 Å². The van der Waals surface area contributed by atoms with E-state index in [1.54, 1.807) is 0 Å². The SMILES string of the molecule is CN(C)CCNCC(Cl)c1ccccc1. The summed E-state index contributed by atoms with van der Waals surface area (Å²) in [6.45, 7) is 2.83. The second-order valence-electron chi connectivity index (χ2n) is 3.89. The first-order chi connectivity index (χ1) is 7.20. The van der Waals surface area contributed by atoms with E-state index in [0.717, 1.165) is 19.6 Å². The number of nitrogens with zero attached hydrogens (tertiary/aromatic N) is 1. The molecule has 0 aromatic heterocycles. The van der Waals surface area contributed by atoms with E-state index in [2.05, 4.69) is 36.4 Å². The van der Waals surface area contributed by atoms with Crippen molar-refractivity contribution in [3.63, 3.8) is 0 Å². The maximum absolute atomic E-state index is 6.25.